The maximum Gasteiger partial charge on any atom is 0.355 e. The van der Waals surface area contributed by atoms with Crippen molar-refractivity contribution in [2.45, 2.75) is 51.9 Å². The highest BCUT2D eigenvalue weighted by atomic mass is 32.1. The molecule has 1 aromatic heterocycles. The Balaban J connectivity index is 1.90. The monoisotopic (exact) mass is 253 g/mol. The van der Waals surface area contributed by atoms with Crippen molar-refractivity contribution in [3.8, 4) is 0 Å². The molecule has 2 rings (SSSR count). The quantitative estimate of drug-likeness (QED) is 0.890. The average molecular weight is 253 g/mol. The highest BCUT2D eigenvalue weighted by Gasteiger charge is 2.17. The van der Waals surface area contributed by atoms with E-state index in [1.54, 1.807) is 0 Å². The number of nitrogens with zero attached hydrogens (tertiary/aromatic N) is 1. The lowest BCUT2D eigenvalue weighted by molar-refractivity contribution is 0.0690. The van der Waals surface area contributed by atoms with Crippen LogP contribution in [-0.2, 0) is 6.42 Å². The molecule has 0 amide bonds. The van der Waals surface area contributed by atoms with Crippen molar-refractivity contribution in [3.63, 3.8) is 0 Å². The molecule has 1 heterocycles. The molecule has 0 unspecified atom stereocenters. The first kappa shape index (κ1) is 12.6. The summed E-state index contributed by atoms with van der Waals surface area (Å²) in [6.07, 6.45) is 8.92. The molecule has 4 heteroatoms. The van der Waals surface area contributed by atoms with Crippen molar-refractivity contribution in [3.05, 3.63) is 15.6 Å². The van der Waals surface area contributed by atoms with E-state index in [9.17, 15) is 4.79 Å². The fourth-order valence-electron chi connectivity index (χ4n) is 2.56. The summed E-state index contributed by atoms with van der Waals surface area (Å²) >= 11 is 1.54. The van der Waals surface area contributed by atoms with Gasteiger partial charge in [-0.2, -0.15) is 0 Å². The van der Waals surface area contributed by atoms with Crippen LogP contribution in [0.5, 0.6) is 0 Å². The second-order valence-electron chi connectivity index (χ2n) is 4.86. The molecule has 94 valence electrons. The number of rotatable bonds is 4. The van der Waals surface area contributed by atoms with Gasteiger partial charge in [0.05, 0.1) is 5.01 Å². The number of hydrogen-bond donors (Lipinski definition) is 1. The van der Waals surface area contributed by atoms with Crippen molar-refractivity contribution in [1.82, 2.24) is 4.98 Å². The summed E-state index contributed by atoms with van der Waals surface area (Å²) in [7, 11) is 0. The van der Waals surface area contributed by atoms with E-state index in [0.717, 1.165) is 22.2 Å². The third kappa shape index (κ3) is 3.28. The van der Waals surface area contributed by atoms with Crippen LogP contribution >= 0.6 is 11.3 Å². The summed E-state index contributed by atoms with van der Waals surface area (Å²) in [5.41, 5.74) is 0.244. The van der Waals surface area contributed by atoms with Crippen molar-refractivity contribution in [2.24, 2.45) is 5.92 Å². The van der Waals surface area contributed by atoms with Crippen LogP contribution in [0.25, 0.3) is 0 Å². The Bertz CT molecular complexity index is 394. The van der Waals surface area contributed by atoms with E-state index in [-0.39, 0.29) is 5.69 Å². The first-order valence-electron chi connectivity index (χ1n) is 6.36. The van der Waals surface area contributed by atoms with Gasteiger partial charge in [0.1, 0.15) is 0 Å². The summed E-state index contributed by atoms with van der Waals surface area (Å²) in [5, 5.41) is 9.93. The second-order valence-corrected chi connectivity index (χ2v) is 6.15. The maximum absolute atomic E-state index is 10.9. The molecule has 0 saturated heterocycles. The maximum atomic E-state index is 10.9. The molecule has 0 aromatic carbocycles. The Morgan fingerprint density at radius 1 is 1.41 bits per heavy atom. The Morgan fingerprint density at radius 3 is 2.71 bits per heavy atom. The molecule has 0 bridgehead atoms. The van der Waals surface area contributed by atoms with E-state index in [0.29, 0.717) is 0 Å². The number of thiazole rings is 1. The van der Waals surface area contributed by atoms with Crippen molar-refractivity contribution in [1.29, 1.82) is 0 Å². The first-order valence-corrected chi connectivity index (χ1v) is 7.18. The van der Waals surface area contributed by atoms with Gasteiger partial charge in [0.25, 0.3) is 0 Å². The van der Waals surface area contributed by atoms with Crippen molar-refractivity contribution in [2.75, 3.05) is 0 Å². The highest BCUT2D eigenvalue weighted by Crippen LogP contribution is 2.28. The summed E-state index contributed by atoms with van der Waals surface area (Å²) < 4.78 is 0. The molecule has 0 radical (unpaired) electrons. The largest absolute Gasteiger partial charge is 0.476 e. The van der Waals surface area contributed by atoms with E-state index in [4.69, 9.17) is 5.11 Å². The number of hydrogen-bond acceptors (Lipinski definition) is 3. The van der Waals surface area contributed by atoms with Gasteiger partial charge in [-0.25, -0.2) is 9.78 Å². The average Bonchev–Trinajstić information content (AvgIpc) is 2.69. The van der Waals surface area contributed by atoms with Gasteiger partial charge >= 0.3 is 5.97 Å². The zero-order chi connectivity index (χ0) is 12.3. The topological polar surface area (TPSA) is 50.2 Å². The summed E-state index contributed by atoms with van der Waals surface area (Å²) in [6, 6.07) is 0. The van der Waals surface area contributed by atoms with Gasteiger partial charge in [-0.1, -0.05) is 32.1 Å². The molecule has 3 nitrogen and oxygen atoms in total. The van der Waals surface area contributed by atoms with E-state index in [1.165, 1.54) is 49.9 Å². The minimum atomic E-state index is -0.900. The lowest BCUT2D eigenvalue weighted by atomic mass is 9.86. The number of carboxylic acids is 1. The van der Waals surface area contributed by atoms with Crippen LogP contribution in [-0.4, -0.2) is 16.1 Å². The van der Waals surface area contributed by atoms with Gasteiger partial charge in [-0.05, 0) is 25.7 Å². The standard InChI is InChI=1S/C13H19NO2S/c1-9-12(13(15)16)14-11(17-9)8-7-10-5-3-2-4-6-10/h10H,2-8H2,1H3,(H,15,16). The zero-order valence-electron chi connectivity index (χ0n) is 10.2. The van der Waals surface area contributed by atoms with Crippen molar-refractivity contribution < 1.29 is 9.90 Å². The molecular formula is C13H19NO2S. The minimum absolute atomic E-state index is 0.244. The Morgan fingerprint density at radius 2 is 2.12 bits per heavy atom. The van der Waals surface area contributed by atoms with Crippen LogP contribution in [0.4, 0.5) is 0 Å². The molecule has 1 aromatic rings. The van der Waals surface area contributed by atoms with Gasteiger partial charge in [0.15, 0.2) is 5.69 Å². The number of carbonyl (C=O) groups is 1. The fourth-order valence-corrected chi connectivity index (χ4v) is 3.50. The third-order valence-corrected chi connectivity index (χ3v) is 4.57. The lowest BCUT2D eigenvalue weighted by Gasteiger charge is -2.20. The van der Waals surface area contributed by atoms with Gasteiger partial charge in [0.2, 0.25) is 0 Å². The van der Waals surface area contributed by atoms with Crippen molar-refractivity contribution >= 4 is 17.3 Å². The van der Waals surface area contributed by atoms with Crippen LogP contribution in [0.3, 0.4) is 0 Å². The zero-order valence-corrected chi connectivity index (χ0v) is 11.1. The predicted octanol–water partition coefficient (Wildman–Crippen LogP) is 3.66. The summed E-state index contributed by atoms with van der Waals surface area (Å²) in [5.74, 6) is -0.0658. The molecule has 1 aliphatic rings. The Labute approximate surface area is 106 Å². The molecule has 0 aliphatic heterocycles. The molecule has 1 N–H and O–H groups in total. The van der Waals surface area contributed by atoms with Gasteiger partial charge in [-0.15, -0.1) is 11.3 Å². The van der Waals surface area contributed by atoms with E-state index in [1.807, 2.05) is 6.92 Å². The minimum Gasteiger partial charge on any atom is -0.476 e. The Hall–Kier alpha value is -0.900. The predicted molar refractivity (Wildman–Crippen MR) is 68.7 cm³/mol. The molecule has 0 atom stereocenters. The molecule has 1 aliphatic carbocycles. The normalized spacial score (nSPS) is 17.2. The lowest BCUT2D eigenvalue weighted by Crippen LogP contribution is -2.07. The van der Waals surface area contributed by atoms with E-state index < -0.39 is 5.97 Å². The summed E-state index contributed by atoms with van der Waals surface area (Å²) in [4.78, 5) is 15.9. The third-order valence-electron chi connectivity index (χ3n) is 3.53. The number of aromatic carboxylic acids is 1. The van der Waals surface area contributed by atoms with Crippen LogP contribution in [0.1, 0.15) is 58.9 Å². The number of aromatic nitrogens is 1. The molecule has 1 fully saturated rings. The summed E-state index contributed by atoms with van der Waals surface area (Å²) in [6.45, 7) is 1.84. The fraction of sp³-hybridized carbons (Fsp3) is 0.692. The Kier molecular flexibility index (Phi) is 4.15. The molecular weight excluding hydrogens is 234 g/mol. The highest BCUT2D eigenvalue weighted by molar-refractivity contribution is 7.11. The molecule has 0 spiro atoms. The van der Waals surface area contributed by atoms with Crippen LogP contribution < -0.4 is 0 Å². The number of aryl methyl sites for hydroxylation is 2. The van der Waals surface area contributed by atoms with Gasteiger partial charge < -0.3 is 5.11 Å². The van der Waals surface area contributed by atoms with Gasteiger partial charge in [0, 0.05) is 4.88 Å². The first-order chi connectivity index (χ1) is 8.16. The van der Waals surface area contributed by atoms with E-state index >= 15 is 0 Å². The second kappa shape index (κ2) is 5.63. The van der Waals surface area contributed by atoms with Gasteiger partial charge in [-0.3, -0.25) is 0 Å². The SMILES string of the molecule is Cc1sc(CCC2CCCCC2)nc1C(=O)O. The molecule has 1 saturated carbocycles. The van der Waals surface area contributed by atoms with Crippen LogP contribution in [0, 0.1) is 12.8 Å². The van der Waals surface area contributed by atoms with Crippen LogP contribution in [0.2, 0.25) is 0 Å². The number of carboxylic acid groups (broad SMARTS) is 1. The molecule has 17 heavy (non-hydrogen) atoms. The smallest absolute Gasteiger partial charge is 0.355 e. The van der Waals surface area contributed by atoms with Crippen LogP contribution in [0.15, 0.2) is 0 Å². The van der Waals surface area contributed by atoms with E-state index in [2.05, 4.69) is 4.98 Å².